The van der Waals surface area contributed by atoms with Crippen LogP contribution in [0.2, 0.25) is 0 Å². The molecule has 0 spiro atoms. The number of carbonyl (C=O) groups excluding carboxylic acids is 2. The van der Waals surface area contributed by atoms with E-state index in [9.17, 15) is 9.59 Å². The highest BCUT2D eigenvalue weighted by atomic mass is 32.2. The van der Waals surface area contributed by atoms with Crippen molar-refractivity contribution in [3.8, 4) is 0 Å². The van der Waals surface area contributed by atoms with Gasteiger partial charge in [-0.05, 0) is 30.5 Å². The molecule has 1 aromatic carbocycles. The molecular formula is C11H11NO2S. The van der Waals surface area contributed by atoms with E-state index >= 15 is 0 Å². The van der Waals surface area contributed by atoms with Crippen LogP contribution in [0.5, 0.6) is 0 Å². The molecule has 0 radical (unpaired) electrons. The van der Waals surface area contributed by atoms with Crippen LogP contribution in [0.15, 0.2) is 29.2 Å². The molecule has 1 aliphatic rings. The zero-order valence-corrected chi connectivity index (χ0v) is 9.21. The first kappa shape index (κ1) is 10.2. The van der Waals surface area contributed by atoms with E-state index in [4.69, 9.17) is 0 Å². The number of rotatable bonds is 2. The number of carbonyl (C=O) groups is 2. The molecule has 2 rings (SSSR count). The quantitative estimate of drug-likeness (QED) is 0.563. The minimum atomic E-state index is -0.100. The van der Waals surface area contributed by atoms with Gasteiger partial charge in [0.05, 0.1) is 13.0 Å². The number of hydrogen-bond acceptors (Lipinski definition) is 3. The Hall–Kier alpha value is -1.29. The zero-order valence-electron chi connectivity index (χ0n) is 8.40. The molecule has 4 heteroatoms. The van der Waals surface area contributed by atoms with Gasteiger partial charge in [0.2, 0.25) is 5.91 Å². The summed E-state index contributed by atoms with van der Waals surface area (Å²) in [5.41, 5.74) is 0.809. The van der Waals surface area contributed by atoms with Crippen molar-refractivity contribution in [3.63, 3.8) is 0 Å². The molecule has 0 unspecified atom stereocenters. The van der Waals surface area contributed by atoms with Gasteiger partial charge < -0.3 is 4.90 Å². The fourth-order valence-corrected chi connectivity index (χ4v) is 1.99. The van der Waals surface area contributed by atoms with Gasteiger partial charge in [-0.3, -0.25) is 9.59 Å². The van der Waals surface area contributed by atoms with Crippen LogP contribution in [0.4, 0.5) is 5.69 Å². The van der Waals surface area contributed by atoms with Gasteiger partial charge in [-0.15, -0.1) is 11.8 Å². The smallest absolute Gasteiger partial charge is 0.234 e. The number of thioether (sulfide) groups is 1. The molecule has 0 saturated carbocycles. The lowest BCUT2D eigenvalue weighted by molar-refractivity contribution is -0.121. The Kier molecular flexibility index (Phi) is 2.77. The van der Waals surface area contributed by atoms with Crippen LogP contribution < -0.4 is 4.90 Å². The summed E-state index contributed by atoms with van der Waals surface area (Å²) in [6, 6.07) is 7.66. The second-order valence-corrected chi connectivity index (χ2v) is 4.27. The maximum Gasteiger partial charge on any atom is 0.234 e. The molecule has 1 saturated heterocycles. The van der Waals surface area contributed by atoms with Crippen LogP contribution >= 0.6 is 11.8 Å². The Labute approximate surface area is 92.5 Å². The summed E-state index contributed by atoms with van der Waals surface area (Å²) >= 11 is 1.65. The summed E-state index contributed by atoms with van der Waals surface area (Å²) in [5, 5.41) is 0. The number of benzene rings is 1. The van der Waals surface area contributed by atoms with Crippen molar-refractivity contribution in [2.24, 2.45) is 0 Å². The molecule has 1 aliphatic heterocycles. The third-order valence-corrected chi connectivity index (χ3v) is 3.11. The lowest BCUT2D eigenvalue weighted by atomic mass is 10.3. The van der Waals surface area contributed by atoms with Crippen molar-refractivity contribution in [2.75, 3.05) is 17.7 Å². The SMILES string of the molecule is CSc1ccc(N2CC(=O)CC2=O)cc1. The van der Waals surface area contributed by atoms with Crippen LogP contribution in [-0.2, 0) is 9.59 Å². The summed E-state index contributed by atoms with van der Waals surface area (Å²) in [4.78, 5) is 25.2. The Morgan fingerprint density at radius 3 is 2.33 bits per heavy atom. The van der Waals surface area contributed by atoms with E-state index in [2.05, 4.69) is 0 Å². The first-order valence-electron chi connectivity index (χ1n) is 4.67. The van der Waals surface area contributed by atoms with Crippen LogP contribution in [0.25, 0.3) is 0 Å². The van der Waals surface area contributed by atoms with Crippen LogP contribution in [0.1, 0.15) is 6.42 Å². The van der Waals surface area contributed by atoms with E-state index in [-0.39, 0.29) is 24.7 Å². The number of amides is 1. The molecule has 0 bridgehead atoms. The van der Waals surface area contributed by atoms with Crippen molar-refractivity contribution in [1.82, 2.24) is 0 Å². The van der Waals surface area contributed by atoms with Gasteiger partial charge >= 0.3 is 0 Å². The van der Waals surface area contributed by atoms with Crippen molar-refractivity contribution in [3.05, 3.63) is 24.3 Å². The summed E-state index contributed by atoms with van der Waals surface area (Å²) in [6.45, 7) is 0.220. The summed E-state index contributed by atoms with van der Waals surface area (Å²) in [5.74, 6) is -0.106. The Bertz CT molecular complexity index is 400. The molecule has 0 aromatic heterocycles. The maximum absolute atomic E-state index is 11.4. The van der Waals surface area contributed by atoms with Crippen LogP contribution in [-0.4, -0.2) is 24.5 Å². The molecular weight excluding hydrogens is 210 g/mol. The van der Waals surface area contributed by atoms with E-state index < -0.39 is 0 Å². The van der Waals surface area contributed by atoms with Gasteiger partial charge in [0.1, 0.15) is 0 Å². The molecule has 15 heavy (non-hydrogen) atoms. The van der Waals surface area contributed by atoms with Crippen molar-refractivity contribution in [1.29, 1.82) is 0 Å². The third kappa shape index (κ3) is 2.04. The lowest BCUT2D eigenvalue weighted by Crippen LogP contribution is -2.24. The normalized spacial score (nSPS) is 16.2. The molecule has 0 atom stereocenters. The first-order valence-corrected chi connectivity index (χ1v) is 5.89. The predicted molar refractivity (Wildman–Crippen MR) is 60.2 cm³/mol. The molecule has 1 fully saturated rings. The van der Waals surface area contributed by atoms with Gasteiger partial charge in [0.25, 0.3) is 0 Å². The van der Waals surface area contributed by atoms with E-state index in [1.54, 1.807) is 11.8 Å². The van der Waals surface area contributed by atoms with E-state index in [0.717, 1.165) is 10.6 Å². The summed E-state index contributed by atoms with van der Waals surface area (Å²) in [6.07, 6.45) is 2.05. The van der Waals surface area contributed by atoms with Gasteiger partial charge in [-0.1, -0.05) is 0 Å². The second-order valence-electron chi connectivity index (χ2n) is 3.39. The third-order valence-electron chi connectivity index (χ3n) is 2.37. The number of ketones is 1. The van der Waals surface area contributed by atoms with E-state index in [1.165, 1.54) is 4.90 Å². The van der Waals surface area contributed by atoms with Gasteiger partial charge in [-0.25, -0.2) is 0 Å². The largest absolute Gasteiger partial charge is 0.305 e. The number of anilines is 1. The second kappa shape index (κ2) is 4.06. The molecule has 3 nitrogen and oxygen atoms in total. The van der Waals surface area contributed by atoms with Crippen LogP contribution in [0.3, 0.4) is 0 Å². The van der Waals surface area contributed by atoms with Crippen molar-refractivity contribution >= 4 is 29.1 Å². The minimum Gasteiger partial charge on any atom is -0.305 e. The minimum absolute atomic E-state index is 0.00561. The molecule has 78 valence electrons. The molecule has 0 N–H and O–H groups in total. The average Bonchev–Trinajstić information content (AvgIpc) is 2.58. The highest BCUT2D eigenvalue weighted by Gasteiger charge is 2.28. The van der Waals surface area contributed by atoms with Crippen LogP contribution in [0, 0.1) is 0 Å². The summed E-state index contributed by atoms with van der Waals surface area (Å²) in [7, 11) is 0. The van der Waals surface area contributed by atoms with E-state index in [1.807, 2.05) is 30.5 Å². The number of hydrogen-bond donors (Lipinski definition) is 0. The lowest BCUT2D eigenvalue weighted by Gasteiger charge is -2.14. The highest BCUT2D eigenvalue weighted by molar-refractivity contribution is 7.98. The van der Waals surface area contributed by atoms with Crippen molar-refractivity contribution < 1.29 is 9.59 Å². The predicted octanol–water partition coefficient (Wildman–Crippen LogP) is 1.71. The van der Waals surface area contributed by atoms with Gasteiger partial charge in [0, 0.05) is 10.6 Å². The van der Waals surface area contributed by atoms with Gasteiger partial charge in [-0.2, -0.15) is 0 Å². The highest BCUT2D eigenvalue weighted by Crippen LogP contribution is 2.23. The maximum atomic E-state index is 11.4. The Balaban J connectivity index is 2.22. The van der Waals surface area contributed by atoms with E-state index in [0.29, 0.717) is 0 Å². The number of Topliss-reactive ketones (excluding diaryl/α,β-unsaturated/α-hetero) is 1. The average molecular weight is 221 g/mol. The molecule has 1 heterocycles. The fraction of sp³-hybridized carbons (Fsp3) is 0.273. The Morgan fingerprint density at radius 1 is 1.20 bits per heavy atom. The van der Waals surface area contributed by atoms with Gasteiger partial charge in [0.15, 0.2) is 5.78 Å². The zero-order chi connectivity index (χ0) is 10.8. The first-order chi connectivity index (χ1) is 7.20. The topological polar surface area (TPSA) is 37.4 Å². The van der Waals surface area contributed by atoms with Crippen molar-refractivity contribution in [2.45, 2.75) is 11.3 Å². The Morgan fingerprint density at radius 2 is 1.87 bits per heavy atom. The fourth-order valence-electron chi connectivity index (χ4n) is 1.58. The molecule has 1 amide bonds. The number of nitrogens with zero attached hydrogens (tertiary/aromatic N) is 1. The monoisotopic (exact) mass is 221 g/mol. The molecule has 0 aliphatic carbocycles. The summed E-state index contributed by atoms with van der Waals surface area (Å²) < 4.78 is 0. The standard InChI is InChI=1S/C11H11NO2S/c1-15-10-4-2-8(3-5-10)12-7-9(13)6-11(12)14/h2-5H,6-7H2,1H3. The molecule has 1 aromatic rings.